The highest BCUT2D eigenvalue weighted by Crippen LogP contribution is 2.48. The second-order valence-corrected chi connectivity index (χ2v) is 17.9. The summed E-state index contributed by atoms with van der Waals surface area (Å²) in [7, 11) is 1.54. The van der Waals surface area contributed by atoms with Crippen LogP contribution in [0.15, 0.2) is 0 Å². The third kappa shape index (κ3) is 8.66. The summed E-state index contributed by atoms with van der Waals surface area (Å²) in [5.74, 6) is -2.64. The maximum atomic E-state index is 14.4. The Morgan fingerprint density at radius 1 is 0.981 bits per heavy atom. The van der Waals surface area contributed by atoms with Gasteiger partial charge in [0.25, 0.3) is 0 Å². The predicted octanol–water partition coefficient (Wildman–Crippen LogP) is 3.55. The van der Waals surface area contributed by atoms with E-state index in [2.05, 4.69) is 11.8 Å². The lowest BCUT2D eigenvalue weighted by atomic mass is 9.76. The van der Waals surface area contributed by atoms with Crippen molar-refractivity contribution in [2.45, 2.75) is 205 Å². The zero-order valence-corrected chi connectivity index (χ0v) is 34.1. The molecule has 13 heteroatoms. The number of piperidine rings is 1. The number of ether oxygens (including phenoxy) is 7. The molecule has 5 heterocycles. The Balaban J connectivity index is 1.57. The fraction of sp³-hybridized carbons (Fsp3) is 0.975. The molecule has 5 saturated heterocycles. The molecule has 0 aromatic heterocycles. The van der Waals surface area contributed by atoms with E-state index in [4.69, 9.17) is 33.2 Å². The molecule has 0 aromatic carbocycles. The van der Waals surface area contributed by atoms with E-state index >= 15 is 0 Å². The summed E-state index contributed by atoms with van der Waals surface area (Å²) in [6.07, 6.45) is -3.78. The monoisotopic (exact) mass is 757 g/mol. The molecule has 53 heavy (non-hydrogen) atoms. The van der Waals surface area contributed by atoms with Crippen molar-refractivity contribution < 1.29 is 58.4 Å². The summed E-state index contributed by atoms with van der Waals surface area (Å²) in [4.78, 5) is 16.7. The average molecular weight is 758 g/mol. The van der Waals surface area contributed by atoms with Crippen LogP contribution in [-0.2, 0) is 38.0 Å². The molecule has 13 nitrogen and oxygen atoms in total. The topological polar surface area (TPSA) is 166 Å². The molecule has 0 saturated carbocycles. The maximum Gasteiger partial charge on any atom is 0.311 e. The first kappa shape index (κ1) is 43.2. The zero-order chi connectivity index (χ0) is 39.2. The van der Waals surface area contributed by atoms with E-state index in [0.29, 0.717) is 12.8 Å². The van der Waals surface area contributed by atoms with Crippen LogP contribution in [0.1, 0.15) is 114 Å². The molecule has 5 rings (SSSR count). The summed E-state index contributed by atoms with van der Waals surface area (Å²) in [6, 6.07) is -0.129. The first-order chi connectivity index (χ1) is 24.8. The van der Waals surface area contributed by atoms with E-state index < -0.39 is 102 Å². The van der Waals surface area contributed by atoms with E-state index in [1.807, 2.05) is 27.7 Å². The van der Waals surface area contributed by atoms with E-state index in [1.54, 1.807) is 34.8 Å². The number of esters is 1. The minimum absolute atomic E-state index is 0.0519. The van der Waals surface area contributed by atoms with Crippen LogP contribution in [0.25, 0.3) is 0 Å². The first-order valence-electron chi connectivity index (χ1n) is 20.3. The van der Waals surface area contributed by atoms with Crippen LogP contribution >= 0.6 is 0 Å². The van der Waals surface area contributed by atoms with Crippen molar-refractivity contribution in [1.29, 1.82) is 0 Å². The molecule has 5 aliphatic rings. The molecule has 5 aliphatic heterocycles. The van der Waals surface area contributed by atoms with Crippen molar-refractivity contribution in [2.75, 3.05) is 20.2 Å². The van der Waals surface area contributed by atoms with E-state index in [1.165, 1.54) is 13.3 Å². The molecule has 7 unspecified atom stereocenters. The van der Waals surface area contributed by atoms with Crippen LogP contribution in [0.5, 0.6) is 0 Å². The van der Waals surface area contributed by atoms with Gasteiger partial charge < -0.3 is 53.6 Å². The van der Waals surface area contributed by atoms with Gasteiger partial charge in [0.2, 0.25) is 0 Å². The Morgan fingerprint density at radius 2 is 1.64 bits per heavy atom. The van der Waals surface area contributed by atoms with Gasteiger partial charge in [0.15, 0.2) is 12.6 Å². The standard InChI is InChI=1S/C40H71NO12/c1-12-28(42)40(10,46)35-23(4)31-21(2)19-39(9,53-31)34(52-37-30(43)27(18-22(3)48-37)41-16-14-13-15-17-41)24(5)32(25(6)36(45)51-35)50-29-20-38(8,47-11)33(44)26(7)49-29/h21-35,37,42-44,46H,12-20H2,1-11H3/t21?,22?,23-,24-,25+,26?,27?,28+,29-,30?,31?,32-,33-,34+,35+,37-,38?,39-,40+/m0/s1. The van der Waals surface area contributed by atoms with Gasteiger partial charge in [-0.25, -0.2) is 0 Å². The fourth-order valence-corrected chi connectivity index (χ4v) is 10.3. The first-order valence-corrected chi connectivity index (χ1v) is 20.3. The molecular weight excluding hydrogens is 686 g/mol. The molecule has 2 bridgehead atoms. The summed E-state index contributed by atoms with van der Waals surface area (Å²) < 4.78 is 45.6. The third-order valence-corrected chi connectivity index (χ3v) is 13.6. The summed E-state index contributed by atoms with van der Waals surface area (Å²) in [5.41, 5.74) is -3.71. The molecule has 0 spiro atoms. The van der Waals surface area contributed by atoms with E-state index in [-0.39, 0.29) is 30.9 Å². The largest absolute Gasteiger partial charge is 0.459 e. The molecule has 308 valence electrons. The van der Waals surface area contributed by atoms with E-state index in [9.17, 15) is 25.2 Å². The van der Waals surface area contributed by atoms with Gasteiger partial charge in [0.1, 0.15) is 23.9 Å². The van der Waals surface area contributed by atoms with Gasteiger partial charge in [-0.3, -0.25) is 9.69 Å². The minimum Gasteiger partial charge on any atom is -0.459 e. The molecule has 5 fully saturated rings. The van der Waals surface area contributed by atoms with Gasteiger partial charge in [-0.05, 0) is 92.7 Å². The lowest BCUT2D eigenvalue weighted by Gasteiger charge is -2.49. The highest BCUT2D eigenvalue weighted by Gasteiger charge is 2.59. The number of cyclic esters (lactones) is 1. The van der Waals surface area contributed by atoms with Crippen LogP contribution in [0.3, 0.4) is 0 Å². The molecule has 0 aliphatic carbocycles. The number of carbonyl (C=O) groups is 1. The van der Waals surface area contributed by atoms with Crippen LogP contribution in [0.2, 0.25) is 0 Å². The summed E-state index contributed by atoms with van der Waals surface area (Å²) in [5, 5.41) is 45.8. The van der Waals surface area contributed by atoms with Crippen molar-refractivity contribution in [3.8, 4) is 0 Å². The quantitative estimate of drug-likeness (QED) is 0.253. The number of hydrogen-bond acceptors (Lipinski definition) is 13. The smallest absolute Gasteiger partial charge is 0.311 e. The highest BCUT2D eigenvalue weighted by atomic mass is 16.7. The number of aliphatic hydroxyl groups excluding tert-OH is 3. The number of methoxy groups -OCH3 is 1. The normalized spacial score (nSPS) is 49.4. The van der Waals surface area contributed by atoms with Gasteiger partial charge >= 0.3 is 5.97 Å². The minimum atomic E-state index is -1.78. The maximum absolute atomic E-state index is 14.4. The molecule has 4 N–H and O–H groups in total. The number of rotatable bonds is 9. The molecule has 0 radical (unpaired) electrons. The van der Waals surface area contributed by atoms with Gasteiger partial charge in [-0.2, -0.15) is 0 Å². The molecular formula is C40H71NO12. The Kier molecular flexibility index (Phi) is 13.7. The number of hydrogen-bond donors (Lipinski definition) is 4. The molecule has 0 aromatic rings. The number of nitrogens with zero attached hydrogens (tertiary/aromatic N) is 1. The van der Waals surface area contributed by atoms with Gasteiger partial charge in [-0.15, -0.1) is 0 Å². The van der Waals surface area contributed by atoms with Crippen molar-refractivity contribution in [1.82, 2.24) is 4.90 Å². The zero-order valence-electron chi connectivity index (χ0n) is 34.1. The van der Waals surface area contributed by atoms with Gasteiger partial charge in [0.05, 0.1) is 53.7 Å². The van der Waals surface area contributed by atoms with E-state index in [0.717, 1.165) is 25.9 Å². The fourth-order valence-electron chi connectivity index (χ4n) is 10.3. The highest BCUT2D eigenvalue weighted by molar-refractivity contribution is 5.73. The number of aliphatic hydroxyl groups is 4. The Bertz CT molecular complexity index is 1220. The summed E-state index contributed by atoms with van der Waals surface area (Å²) in [6.45, 7) is 20.4. The number of carbonyl (C=O) groups excluding carboxylic acids is 1. The Hall–Kier alpha value is -0.970. The SMILES string of the molecule is CC[C@@H](O)[C@@](C)(O)[C@@H]1OC(=O)[C@H](C)[C@@H](O[C@H]2CC(C)(OC)[C@@H](O)C(C)O2)[C@H](C)[C@@H](O[C@@H]2OC(C)CC(N3CCCCC3)C2O)[C@]2(C)CC(C)C(O2)[C@@H]1C. The molecule has 19 atom stereocenters. The van der Waals surface area contributed by atoms with Gasteiger partial charge in [0, 0.05) is 31.4 Å². The van der Waals surface area contributed by atoms with Crippen LogP contribution in [0, 0.1) is 23.7 Å². The lowest BCUT2D eigenvalue weighted by molar-refractivity contribution is -0.319. The Morgan fingerprint density at radius 3 is 2.26 bits per heavy atom. The predicted molar refractivity (Wildman–Crippen MR) is 196 cm³/mol. The van der Waals surface area contributed by atoms with Crippen molar-refractivity contribution >= 4 is 5.97 Å². The van der Waals surface area contributed by atoms with Crippen molar-refractivity contribution in [2.24, 2.45) is 23.7 Å². The van der Waals surface area contributed by atoms with Crippen LogP contribution in [0.4, 0.5) is 0 Å². The lowest BCUT2D eigenvalue weighted by Crippen LogP contribution is -2.61. The van der Waals surface area contributed by atoms with Crippen LogP contribution in [-0.4, -0.2) is 142 Å². The van der Waals surface area contributed by atoms with Gasteiger partial charge in [-0.1, -0.05) is 34.1 Å². The molecule has 0 amide bonds. The summed E-state index contributed by atoms with van der Waals surface area (Å²) >= 11 is 0. The number of fused-ring (bicyclic) bond motifs is 2. The second-order valence-electron chi connectivity index (χ2n) is 17.9. The average Bonchev–Trinajstić information content (AvgIpc) is 3.44. The van der Waals surface area contributed by atoms with Crippen LogP contribution < -0.4 is 0 Å². The van der Waals surface area contributed by atoms with Crippen molar-refractivity contribution in [3.63, 3.8) is 0 Å². The number of likely N-dealkylation sites (tertiary alicyclic amines) is 1. The third-order valence-electron chi connectivity index (χ3n) is 13.6. The Labute approximate surface area is 317 Å². The van der Waals surface area contributed by atoms with Crippen molar-refractivity contribution in [3.05, 3.63) is 0 Å². The second kappa shape index (κ2) is 16.9.